The zero-order valence-electron chi connectivity index (χ0n) is 15.8. The number of benzene rings is 1. The van der Waals surface area contributed by atoms with E-state index >= 15 is 0 Å². The summed E-state index contributed by atoms with van der Waals surface area (Å²) in [6.07, 6.45) is 3.03. The minimum atomic E-state index is -3.87. The van der Waals surface area contributed by atoms with E-state index in [2.05, 4.69) is 4.72 Å². The van der Waals surface area contributed by atoms with E-state index in [9.17, 15) is 18.0 Å². The molecule has 0 spiro atoms. The second-order valence-electron chi connectivity index (χ2n) is 7.38. The molecule has 2 fully saturated rings. The van der Waals surface area contributed by atoms with Crippen LogP contribution in [0.1, 0.15) is 25.7 Å². The number of rotatable bonds is 5. The highest BCUT2D eigenvalue weighted by Crippen LogP contribution is 2.33. The van der Waals surface area contributed by atoms with E-state index in [4.69, 9.17) is 11.6 Å². The Kier molecular flexibility index (Phi) is 5.83. The van der Waals surface area contributed by atoms with Gasteiger partial charge in [-0.2, -0.15) is 4.72 Å². The van der Waals surface area contributed by atoms with E-state index in [0.717, 1.165) is 42.0 Å². The summed E-state index contributed by atoms with van der Waals surface area (Å²) < 4.78 is 29.2. The van der Waals surface area contributed by atoms with E-state index < -0.39 is 16.1 Å². The quantitative estimate of drug-likeness (QED) is 0.750. The van der Waals surface area contributed by atoms with Gasteiger partial charge in [0.05, 0.1) is 6.54 Å². The van der Waals surface area contributed by atoms with Crippen LogP contribution in [0.4, 0.5) is 0 Å². The summed E-state index contributed by atoms with van der Waals surface area (Å²) in [6, 6.07) is 5.96. The van der Waals surface area contributed by atoms with Gasteiger partial charge >= 0.3 is 0 Å². The van der Waals surface area contributed by atoms with Crippen molar-refractivity contribution < 1.29 is 18.0 Å². The summed E-state index contributed by atoms with van der Waals surface area (Å²) in [6.45, 7) is 1.93. The topological polar surface area (TPSA) is 86.8 Å². The van der Waals surface area contributed by atoms with Crippen molar-refractivity contribution in [2.45, 2.75) is 35.9 Å². The number of piperidine rings is 1. The molecule has 4 rings (SSSR count). The summed E-state index contributed by atoms with van der Waals surface area (Å²) in [7, 11) is -3.87. The van der Waals surface area contributed by atoms with Crippen molar-refractivity contribution in [2.24, 2.45) is 0 Å². The molecule has 0 aliphatic carbocycles. The number of amides is 2. The van der Waals surface area contributed by atoms with Gasteiger partial charge in [-0.25, -0.2) is 8.42 Å². The Hall–Kier alpha value is -1.68. The molecular weight excluding hydrogens is 434 g/mol. The van der Waals surface area contributed by atoms with E-state index in [1.807, 2.05) is 6.07 Å². The molecule has 1 atom stereocenters. The lowest BCUT2D eigenvalue weighted by Gasteiger charge is -2.33. The first-order valence-corrected chi connectivity index (χ1v) is 12.3. The Balaban J connectivity index is 1.47. The monoisotopic (exact) mass is 455 g/mol. The number of nitrogens with one attached hydrogen (secondary N) is 1. The molecule has 2 aromatic rings. The Morgan fingerprint density at radius 1 is 1.21 bits per heavy atom. The number of fused-ring (bicyclic) bond motifs is 1. The highest BCUT2D eigenvalue weighted by Gasteiger charge is 2.34. The predicted octanol–water partition coefficient (Wildman–Crippen LogP) is 2.45. The minimum absolute atomic E-state index is 0.00948. The molecule has 3 heterocycles. The Bertz CT molecular complexity index is 1050. The molecule has 7 nitrogen and oxygen atoms in total. The SMILES string of the molecule is O=C(CN1CCC[C@H](NS(=O)(=O)c2cc3c(Cl)cccc3s2)C1=O)N1CCCC1. The van der Waals surface area contributed by atoms with Gasteiger partial charge in [0.25, 0.3) is 10.0 Å². The maximum absolute atomic E-state index is 12.9. The highest BCUT2D eigenvalue weighted by molar-refractivity contribution is 7.91. The van der Waals surface area contributed by atoms with Crippen molar-refractivity contribution in [1.82, 2.24) is 14.5 Å². The first-order chi connectivity index (χ1) is 13.8. The smallest absolute Gasteiger partial charge is 0.250 e. The third kappa shape index (κ3) is 4.28. The first-order valence-electron chi connectivity index (χ1n) is 9.62. The molecule has 0 unspecified atom stereocenters. The molecular formula is C19H22ClN3O4S2. The predicted molar refractivity (Wildman–Crippen MR) is 113 cm³/mol. The number of halogens is 1. The van der Waals surface area contributed by atoms with Crippen LogP contribution in [0.25, 0.3) is 10.1 Å². The average Bonchev–Trinajstić information content (AvgIpc) is 3.35. The lowest BCUT2D eigenvalue weighted by Crippen LogP contribution is -2.54. The number of carbonyl (C=O) groups excluding carboxylic acids is 2. The van der Waals surface area contributed by atoms with Crippen molar-refractivity contribution in [3.05, 3.63) is 29.3 Å². The highest BCUT2D eigenvalue weighted by atomic mass is 35.5. The van der Waals surface area contributed by atoms with E-state index in [-0.39, 0.29) is 22.6 Å². The molecule has 2 aliphatic heterocycles. The number of hydrogen-bond donors (Lipinski definition) is 1. The van der Waals surface area contributed by atoms with Crippen molar-refractivity contribution >= 4 is 54.9 Å². The molecule has 1 aromatic heterocycles. The van der Waals surface area contributed by atoms with Gasteiger partial charge < -0.3 is 9.80 Å². The molecule has 0 bridgehead atoms. The third-order valence-corrected chi connectivity index (χ3v) is 8.74. The Morgan fingerprint density at radius 3 is 2.69 bits per heavy atom. The van der Waals surface area contributed by atoms with Gasteiger partial charge in [0.2, 0.25) is 11.8 Å². The van der Waals surface area contributed by atoms with Crippen LogP contribution in [0.15, 0.2) is 28.5 Å². The standard InChI is InChI=1S/C19H22ClN3O4S2/c20-14-5-3-7-16-13(14)11-18(28-16)29(26,27)21-15-6-4-10-23(19(15)25)12-17(24)22-8-1-2-9-22/h3,5,7,11,15,21H,1-2,4,6,8-10,12H2/t15-/m0/s1. The fourth-order valence-electron chi connectivity index (χ4n) is 3.82. The summed E-state index contributed by atoms with van der Waals surface area (Å²) >= 11 is 7.27. The Labute approximate surface area is 178 Å². The molecule has 2 aliphatic rings. The van der Waals surface area contributed by atoms with Gasteiger partial charge in [0.15, 0.2) is 0 Å². The molecule has 29 heavy (non-hydrogen) atoms. The second kappa shape index (κ2) is 8.22. The third-order valence-electron chi connectivity index (χ3n) is 5.36. The number of sulfonamides is 1. The van der Waals surface area contributed by atoms with Crippen molar-refractivity contribution in [2.75, 3.05) is 26.2 Å². The summed E-state index contributed by atoms with van der Waals surface area (Å²) in [4.78, 5) is 28.4. The molecule has 10 heteroatoms. The average molecular weight is 456 g/mol. The normalized spacial score (nSPS) is 20.6. The van der Waals surface area contributed by atoms with Crippen LogP contribution in [0, 0.1) is 0 Å². The zero-order chi connectivity index (χ0) is 20.6. The van der Waals surface area contributed by atoms with Gasteiger partial charge in [-0.05, 0) is 43.9 Å². The van der Waals surface area contributed by atoms with Crippen LogP contribution in [0.5, 0.6) is 0 Å². The lowest BCUT2D eigenvalue weighted by molar-refractivity contribution is -0.142. The maximum atomic E-state index is 12.9. The van der Waals surface area contributed by atoms with Crippen LogP contribution in [0.2, 0.25) is 5.02 Å². The molecule has 0 radical (unpaired) electrons. The second-order valence-corrected chi connectivity index (χ2v) is 10.8. The minimum Gasteiger partial charge on any atom is -0.341 e. The number of hydrogen-bond acceptors (Lipinski definition) is 5. The molecule has 2 saturated heterocycles. The fraction of sp³-hybridized carbons (Fsp3) is 0.474. The maximum Gasteiger partial charge on any atom is 0.250 e. The van der Waals surface area contributed by atoms with Gasteiger partial charge in [-0.1, -0.05) is 17.7 Å². The molecule has 156 valence electrons. The number of thiophene rings is 1. The van der Waals surface area contributed by atoms with Crippen molar-refractivity contribution in [3.8, 4) is 0 Å². The van der Waals surface area contributed by atoms with Crippen LogP contribution < -0.4 is 4.72 Å². The largest absolute Gasteiger partial charge is 0.341 e. The van der Waals surface area contributed by atoms with E-state index in [0.29, 0.717) is 29.8 Å². The summed E-state index contributed by atoms with van der Waals surface area (Å²) in [5.74, 6) is -0.412. The summed E-state index contributed by atoms with van der Waals surface area (Å²) in [5.41, 5.74) is 0. The molecule has 1 aromatic carbocycles. The first kappa shape index (κ1) is 20.6. The lowest BCUT2D eigenvalue weighted by atomic mass is 10.1. The van der Waals surface area contributed by atoms with Gasteiger partial charge in [0.1, 0.15) is 10.3 Å². The van der Waals surface area contributed by atoms with Crippen LogP contribution in [-0.2, 0) is 19.6 Å². The molecule has 1 N–H and O–H groups in total. The number of carbonyl (C=O) groups is 2. The van der Waals surface area contributed by atoms with Crippen LogP contribution >= 0.6 is 22.9 Å². The van der Waals surface area contributed by atoms with E-state index in [1.165, 1.54) is 11.0 Å². The molecule has 0 saturated carbocycles. The van der Waals surface area contributed by atoms with Gasteiger partial charge in [-0.15, -0.1) is 11.3 Å². The van der Waals surface area contributed by atoms with Crippen molar-refractivity contribution in [1.29, 1.82) is 0 Å². The Morgan fingerprint density at radius 2 is 1.97 bits per heavy atom. The van der Waals surface area contributed by atoms with E-state index in [1.54, 1.807) is 17.0 Å². The zero-order valence-corrected chi connectivity index (χ0v) is 18.2. The fourth-order valence-corrected chi connectivity index (χ4v) is 6.76. The van der Waals surface area contributed by atoms with Crippen LogP contribution in [0.3, 0.4) is 0 Å². The number of likely N-dealkylation sites (tertiary alicyclic amines) is 2. The van der Waals surface area contributed by atoms with Gasteiger partial charge in [-0.3, -0.25) is 9.59 Å². The summed E-state index contributed by atoms with van der Waals surface area (Å²) in [5, 5.41) is 1.16. The molecule has 2 amide bonds. The van der Waals surface area contributed by atoms with Gasteiger partial charge in [0, 0.05) is 34.7 Å². The van der Waals surface area contributed by atoms with Crippen LogP contribution in [-0.4, -0.2) is 62.3 Å². The van der Waals surface area contributed by atoms with Crippen molar-refractivity contribution in [3.63, 3.8) is 0 Å². The number of nitrogens with zero attached hydrogens (tertiary/aromatic N) is 2.